The van der Waals surface area contributed by atoms with Crippen LogP contribution in [0.3, 0.4) is 0 Å². The zero-order valence-corrected chi connectivity index (χ0v) is 23.8. The summed E-state index contributed by atoms with van der Waals surface area (Å²) in [6.45, 7) is 10.0. The van der Waals surface area contributed by atoms with Gasteiger partial charge in [-0.05, 0) is 69.9 Å². The van der Waals surface area contributed by atoms with Crippen molar-refractivity contribution in [3.05, 3.63) is 66.1 Å². The van der Waals surface area contributed by atoms with Crippen molar-refractivity contribution in [1.82, 2.24) is 19.7 Å². The van der Waals surface area contributed by atoms with Crippen LogP contribution in [0.2, 0.25) is 0 Å². The first-order valence-electron chi connectivity index (χ1n) is 14.7. The molecule has 1 amide bonds. The molecule has 1 spiro atoms. The monoisotopic (exact) mass is 537 g/mol. The first-order valence-corrected chi connectivity index (χ1v) is 14.7. The van der Waals surface area contributed by atoms with E-state index >= 15 is 0 Å². The fourth-order valence-corrected chi connectivity index (χ4v) is 7.09. The molecule has 1 saturated heterocycles. The predicted molar refractivity (Wildman–Crippen MR) is 159 cm³/mol. The summed E-state index contributed by atoms with van der Waals surface area (Å²) in [4.78, 5) is 25.2. The number of benzene rings is 2. The minimum absolute atomic E-state index is 0.0334. The lowest BCUT2D eigenvalue weighted by molar-refractivity contribution is 0.0772. The van der Waals surface area contributed by atoms with E-state index in [1.807, 2.05) is 21.7 Å². The molecule has 2 aliphatic carbocycles. The number of rotatable bonds is 4. The number of likely N-dealkylation sites (N-methyl/N-ethyl adjacent to an activating group) is 1. The van der Waals surface area contributed by atoms with Gasteiger partial charge in [-0.2, -0.15) is 0 Å². The lowest BCUT2D eigenvalue weighted by atomic mass is 9.99. The molecule has 40 heavy (non-hydrogen) atoms. The molecule has 1 aromatic heterocycles. The van der Waals surface area contributed by atoms with Crippen molar-refractivity contribution in [1.29, 1.82) is 0 Å². The van der Waals surface area contributed by atoms with Crippen LogP contribution in [0.5, 0.6) is 0 Å². The Hall–Kier alpha value is -3.65. The van der Waals surface area contributed by atoms with E-state index < -0.39 is 0 Å². The summed E-state index contributed by atoms with van der Waals surface area (Å²) in [5.74, 6) is 0.761. The fraction of sp³-hybridized carbons (Fsp3) is 0.469. The second-order valence-electron chi connectivity index (χ2n) is 12.4. The van der Waals surface area contributed by atoms with Crippen molar-refractivity contribution in [2.24, 2.45) is 11.1 Å². The number of amides is 1. The maximum Gasteiger partial charge on any atom is 0.293 e. The van der Waals surface area contributed by atoms with E-state index in [-0.39, 0.29) is 29.2 Å². The first-order chi connectivity index (χ1) is 19.3. The Kier molecular flexibility index (Phi) is 5.82. The Balaban J connectivity index is 1.32. The Labute approximate surface area is 236 Å². The molecule has 2 aliphatic heterocycles. The molecule has 8 nitrogen and oxygen atoms in total. The van der Waals surface area contributed by atoms with Gasteiger partial charge in [0.15, 0.2) is 5.82 Å². The number of aryl methyl sites for hydroxylation is 1. The Morgan fingerprint density at radius 2 is 1.80 bits per heavy atom. The molecular formula is C32H39N7O. The highest BCUT2D eigenvalue weighted by molar-refractivity contribution is 5.92. The van der Waals surface area contributed by atoms with Crippen LogP contribution in [0.25, 0.3) is 17.1 Å². The van der Waals surface area contributed by atoms with Gasteiger partial charge in [0.2, 0.25) is 5.82 Å². The minimum atomic E-state index is -0.137. The molecular weight excluding hydrogens is 498 g/mol. The van der Waals surface area contributed by atoms with E-state index in [0.717, 1.165) is 35.5 Å². The van der Waals surface area contributed by atoms with E-state index in [1.165, 1.54) is 36.9 Å². The van der Waals surface area contributed by atoms with Crippen LogP contribution < -0.4 is 15.5 Å². The summed E-state index contributed by atoms with van der Waals surface area (Å²) in [5, 5.41) is 4.81. The van der Waals surface area contributed by atoms with Gasteiger partial charge in [0.25, 0.3) is 5.91 Å². The molecule has 4 aliphatic rings. The van der Waals surface area contributed by atoms with Gasteiger partial charge in [-0.15, -0.1) is 5.10 Å². The molecule has 2 aromatic carbocycles. The third-order valence-electron chi connectivity index (χ3n) is 9.89. The van der Waals surface area contributed by atoms with E-state index in [9.17, 15) is 4.79 Å². The minimum Gasteiger partial charge on any atom is -0.359 e. The van der Waals surface area contributed by atoms with E-state index in [4.69, 9.17) is 15.8 Å². The van der Waals surface area contributed by atoms with Crippen LogP contribution in [-0.4, -0.2) is 63.8 Å². The van der Waals surface area contributed by atoms with Crippen LogP contribution in [0.4, 0.5) is 11.4 Å². The van der Waals surface area contributed by atoms with Crippen LogP contribution in [0, 0.1) is 12.3 Å². The number of likely N-dealkylation sites (tertiary alicyclic amines) is 1. The highest BCUT2D eigenvalue weighted by atomic mass is 16.2. The SMILES string of the molecule is C=C1[C@@H](C)N(C2CCCC2)c2cc(-c3nc(C(=O)N4C[C@@H](N)C5(CC5)C4)nn3-c3ccc(C)cc3)ccc2N1C. The van der Waals surface area contributed by atoms with Gasteiger partial charge in [0.05, 0.1) is 23.1 Å². The quantitative estimate of drug-likeness (QED) is 0.509. The smallest absolute Gasteiger partial charge is 0.293 e. The molecule has 8 heteroatoms. The van der Waals surface area contributed by atoms with E-state index in [0.29, 0.717) is 25.0 Å². The second-order valence-corrected chi connectivity index (χ2v) is 12.4. The van der Waals surface area contributed by atoms with Gasteiger partial charge in [-0.25, -0.2) is 9.67 Å². The predicted octanol–water partition coefficient (Wildman–Crippen LogP) is 4.91. The van der Waals surface area contributed by atoms with Crippen LogP contribution in [0.15, 0.2) is 54.7 Å². The number of aromatic nitrogens is 3. The molecule has 208 valence electrons. The number of carbonyl (C=O) groups is 1. The van der Waals surface area contributed by atoms with Crippen LogP contribution >= 0.6 is 0 Å². The zero-order valence-electron chi connectivity index (χ0n) is 23.8. The first kappa shape index (κ1) is 25.3. The standard InChI is InChI=1S/C32H39N7O/c1-20-9-12-25(13-10-20)39-30(34-29(35-39)31(40)37-18-28(33)32(19-37)15-16-32)23-11-14-26-27(17-23)38(24-7-5-6-8-24)22(3)21(2)36(26)4/h9-14,17,22,24,28H,2,5-8,15-16,18-19,33H2,1,3-4H3/t22-,28-/m1/s1. The number of fused-ring (bicyclic) bond motifs is 1. The Morgan fingerprint density at radius 1 is 1.07 bits per heavy atom. The maximum absolute atomic E-state index is 13.7. The summed E-state index contributed by atoms with van der Waals surface area (Å²) in [5.41, 5.74) is 13.0. The fourth-order valence-electron chi connectivity index (χ4n) is 7.09. The van der Waals surface area contributed by atoms with E-state index in [1.54, 1.807) is 0 Å². The van der Waals surface area contributed by atoms with Gasteiger partial charge < -0.3 is 20.4 Å². The molecule has 0 radical (unpaired) electrons. The zero-order chi connectivity index (χ0) is 27.8. The number of nitrogens with zero attached hydrogens (tertiary/aromatic N) is 6. The van der Waals surface area contributed by atoms with Crippen molar-refractivity contribution in [2.45, 2.75) is 70.5 Å². The molecule has 2 N–H and O–H groups in total. The summed E-state index contributed by atoms with van der Waals surface area (Å²) < 4.78 is 1.83. The van der Waals surface area contributed by atoms with Gasteiger partial charge >= 0.3 is 0 Å². The van der Waals surface area contributed by atoms with Gasteiger partial charge in [-0.1, -0.05) is 37.1 Å². The largest absolute Gasteiger partial charge is 0.359 e. The summed E-state index contributed by atoms with van der Waals surface area (Å²) in [6, 6.07) is 15.4. The van der Waals surface area contributed by atoms with E-state index in [2.05, 4.69) is 67.6 Å². The number of hydrogen-bond acceptors (Lipinski definition) is 6. The van der Waals surface area contributed by atoms with Crippen LogP contribution in [-0.2, 0) is 0 Å². The number of anilines is 2. The Morgan fingerprint density at radius 3 is 2.48 bits per heavy atom. The molecule has 0 unspecified atom stereocenters. The molecule has 0 bridgehead atoms. The van der Waals surface area contributed by atoms with Gasteiger partial charge in [-0.3, -0.25) is 4.79 Å². The normalized spacial score (nSPS) is 23.8. The summed E-state index contributed by atoms with van der Waals surface area (Å²) >= 11 is 0. The molecule has 3 fully saturated rings. The topological polar surface area (TPSA) is 83.5 Å². The third kappa shape index (κ3) is 3.95. The molecule has 7 rings (SSSR count). The van der Waals surface area contributed by atoms with Crippen molar-refractivity contribution >= 4 is 17.3 Å². The van der Waals surface area contributed by atoms with Gasteiger partial charge in [0, 0.05) is 48.9 Å². The summed E-state index contributed by atoms with van der Waals surface area (Å²) in [6.07, 6.45) is 7.12. The lowest BCUT2D eigenvalue weighted by Gasteiger charge is -2.46. The number of hydrogen-bond donors (Lipinski definition) is 1. The van der Waals surface area contributed by atoms with Crippen molar-refractivity contribution in [2.75, 3.05) is 29.9 Å². The highest BCUT2D eigenvalue weighted by Gasteiger charge is 2.55. The molecule has 3 heterocycles. The van der Waals surface area contributed by atoms with Crippen LogP contribution in [0.1, 0.15) is 61.6 Å². The molecule has 2 atom stereocenters. The lowest BCUT2D eigenvalue weighted by Crippen LogP contribution is -2.48. The molecule has 3 aromatic rings. The maximum atomic E-state index is 13.7. The second kappa shape index (κ2) is 9.20. The average molecular weight is 538 g/mol. The highest BCUT2D eigenvalue weighted by Crippen LogP contribution is 2.52. The van der Waals surface area contributed by atoms with Gasteiger partial charge in [0.1, 0.15) is 0 Å². The van der Waals surface area contributed by atoms with Crippen molar-refractivity contribution < 1.29 is 4.79 Å². The van der Waals surface area contributed by atoms with Crippen molar-refractivity contribution in [3.8, 4) is 17.1 Å². The molecule has 2 saturated carbocycles. The number of nitrogens with two attached hydrogens (primary N) is 1. The number of carbonyl (C=O) groups excluding carboxylic acids is 1. The summed E-state index contributed by atoms with van der Waals surface area (Å²) in [7, 11) is 2.10. The van der Waals surface area contributed by atoms with Crippen molar-refractivity contribution in [3.63, 3.8) is 0 Å². The third-order valence-corrected chi connectivity index (χ3v) is 9.89. The average Bonchev–Trinajstić information content (AvgIpc) is 3.27. The Bertz CT molecular complexity index is 1480.